The van der Waals surface area contributed by atoms with Crippen molar-refractivity contribution in [2.24, 2.45) is 0 Å². The van der Waals surface area contributed by atoms with E-state index in [1.165, 1.54) is 5.56 Å². The number of para-hydroxylation sites is 1. The van der Waals surface area contributed by atoms with E-state index in [4.69, 9.17) is 0 Å². The van der Waals surface area contributed by atoms with E-state index in [1.807, 2.05) is 33.8 Å². The topological polar surface area (TPSA) is 60.6 Å². The molecule has 0 unspecified atom stereocenters. The number of aryl methyl sites for hydroxylation is 1. The van der Waals surface area contributed by atoms with E-state index >= 15 is 0 Å². The fourth-order valence-corrected chi connectivity index (χ4v) is 2.84. The first-order valence-electron chi connectivity index (χ1n) is 7.57. The van der Waals surface area contributed by atoms with Crippen LogP contribution in [0.2, 0.25) is 0 Å². The van der Waals surface area contributed by atoms with Gasteiger partial charge in [-0.25, -0.2) is 14.3 Å². The van der Waals surface area contributed by atoms with Crippen LogP contribution in [0, 0.1) is 0 Å². The van der Waals surface area contributed by atoms with Crippen molar-refractivity contribution in [3.05, 3.63) is 60.4 Å². The smallest absolute Gasteiger partial charge is 0.138 e. The van der Waals surface area contributed by atoms with E-state index in [0.29, 0.717) is 6.04 Å². The molecule has 1 atom stereocenters. The third kappa shape index (κ3) is 2.65. The number of hydrogen-bond acceptors (Lipinski definition) is 4. The lowest BCUT2D eigenvalue weighted by Gasteiger charge is -2.23. The third-order valence-electron chi connectivity index (χ3n) is 4.06. The summed E-state index contributed by atoms with van der Waals surface area (Å²) in [6.45, 7) is 1.71. The Morgan fingerprint density at radius 2 is 2.09 bits per heavy atom. The Balaban J connectivity index is 1.38. The molecule has 0 saturated heterocycles. The Hall–Kier alpha value is -2.47. The van der Waals surface area contributed by atoms with Crippen LogP contribution in [0.4, 0.5) is 0 Å². The van der Waals surface area contributed by atoms with E-state index < -0.39 is 0 Å². The van der Waals surface area contributed by atoms with E-state index in [-0.39, 0.29) is 0 Å². The molecule has 4 rings (SSSR count). The molecule has 1 aliphatic heterocycles. The highest BCUT2D eigenvalue weighted by Crippen LogP contribution is 2.12. The molecule has 22 heavy (non-hydrogen) atoms. The summed E-state index contributed by atoms with van der Waals surface area (Å²) in [5, 5.41) is 12.3. The SMILES string of the molecule is c1ccc(-n2cc(CN[C@H]3CCc4ncnn4C3)cn2)cc1. The summed E-state index contributed by atoms with van der Waals surface area (Å²) >= 11 is 0. The van der Waals surface area contributed by atoms with Gasteiger partial charge in [0.2, 0.25) is 0 Å². The molecule has 2 aromatic heterocycles. The van der Waals surface area contributed by atoms with Gasteiger partial charge in [-0.1, -0.05) is 18.2 Å². The van der Waals surface area contributed by atoms with Gasteiger partial charge in [0.1, 0.15) is 12.2 Å². The molecule has 6 heteroatoms. The van der Waals surface area contributed by atoms with Crippen LogP contribution in [-0.4, -0.2) is 30.6 Å². The number of benzene rings is 1. The Morgan fingerprint density at radius 1 is 1.18 bits per heavy atom. The summed E-state index contributed by atoms with van der Waals surface area (Å²) in [7, 11) is 0. The average molecular weight is 294 g/mol. The zero-order valence-corrected chi connectivity index (χ0v) is 12.3. The minimum Gasteiger partial charge on any atom is -0.308 e. The van der Waals surface area contributed by atoms with Gasteiger partial charge in [-0.15, -0.1) is 0 Å². The number of rotatable bonds is 4. The maximum atomic E-state index is 4.43. The lowest BCUT2D eigenvalue weighted by atomic mass is 10.1. The molecule has 1 aromatic carbocycles. The molecule has 0 fully saturated rings. The molecule has 0 aliphatic carbocycles. The number of nitrogens with zero attached hydrogens (tertiary/aromatic N) is 5. The van der Waals surface area contributed by atoms with Gasteiger partial charge < -0.3 is 5.32 Å². The minimum atomic E-state index is 0.439. The van der Waals surface area contributed by atoms with Crippen LogP contribution < -0.4 is 5.32 Å². The fourth-order valence-electron chi connectivity index (χ4n) is 2.84. The number of fused-ring (bicyclic) bond motifs is 1. The molecule has 6 nitrogen and oxygen atoms in total. The number of aromatic nitrogens is 5. The maximum Gasteiger partial charge on any atom is 0.138 e. The summed E-state index contributed by atoms with van der Waals surface area (Å²) in [5.74, 6) is 1.09. The second-order valence-corrected chi connectivity index (χ2v) is 5.60. The van der Waals surface area contributed by atoms with Gasteiger partial charge in [-0.3, -0.25) is 0 Å². The van der Waals surface area contributed by atoms with Crippen LogP contribution >= 0.6 is 0 Å². The molecular weight excluding hydrogens is 276 g/mol. The second-order valence-electron chi connectivity index (χ2n) is 5.60. The van der Waals surface area contributed by atoms with Gasteiger partial charge in [0.15, 0.2) is 0 Å². The average Bonchev–Trinajstić information content (AvgIpc) is 3.22. The lowest BCUT2D eigenvalue weighted by molar-refractivity contribution is 0.358. The fraction of sp³-hybridized carbons (Fsp3) is 0.312. The van der Waals surface area contributed by atoms with Gasteiger partial charge >= 0.3 is 0 Å². The van der Waals surface area contributed by atoms with Crippen molar-refractivity contribution in [3.8, 4) is 5.69 Å². The van der Waals surface area contributed by atoms with Crippen molar-refractivity contribution in [1.82, 2.24) is 29.9 Å². The van der Waals surface area contributed by atoms with Gasteiger partial charge in [-0.05, 0) is 18.6 Å². The minimum absolute atomic E-state index is 0.439. The summed E-state index contributed by atoms with van der Waals surface area (Å²) in [4.78, 5) is 4.26. The van der Waals surface area contributed by atoms with Crippen LogP contribution in [0.3, 0.4) is 0 Å². The van der Waals surface area contributed by atoms with Crippen LogP contribution in [0.25, 0.3) is 5.69 Å². The van der Waals surface area contributed by atoms with E-state index in [0.717, 1.165) is 37.4 Å². The molecule has 3 aromatic rings. The summed E-state index contributed by atoms with van der Waals surface area (Å²) < 4.78 is 3.90. The van der Waals surface area contributed by atoms with Gasteiger partial charge in [-0.2, -0.15) is 10.2 Å². The van der Waals surface area contributed by atoms with Crippen molar-refractivity contribution in [2.75, 3.05) is 0 Å². The Kier molecular flexibility index (Phi) is 3.44. The molecule has 1 N–H and O–H groups in total. The lowest BCUT2D eigenvalue weighted by Crippen LogP contribution is -2.37. The molecule has 0 radical (unpaired) electrons. The zero-order valence-electron chi connectivity index (χ0n) is 12.3. The zero-order chi connectivity index (χ0) is 14.8. The Bertz CT molecular complexity index is 745. The molecule has 0 amide bonds. The first-order valence-corrected chi connectivity index (χ1v) is 7.57. The molecule has 112 valence electrons. The maximum absolute atomic E-state index is 4.43. The summed E-state index contributed by atoms with van der Waals surface area (Å²) in [6, 6.07) is 10.6. The predicted octanol–water partition coefficient (Wildman–Crippen LogP) is 1.57. The molecule has 0 spiro atoms. The molecular formula is C16H18N6. The van der Waals surface area contributed by atoms with Crippen molar-refractivity contribution < 1.29 is 0 Å². The van der Waals surface area contributed by atoms with Crippen LogP contribution in [-0.2, 0) is 19.5 Å². The van der Waals surface area contributed by atoms with E-state index in [2.05, 4.69) is 38.8 Å². The third-order valence-corrected chi connectivity index (χ3v) is 4.06. The van der Waals surface area contributed by atoms with Gasteiger partial charge in [0.25, 0.3) is 0 Å². The second kappa shape index (κ2) is 5.73. The van der Waals surface area contributed by atoms with Crippen molar-refractivity contribution in [2.45, 2.75) is 32.0 Å². The largest absolute Gasteiger partial charge is 0.308 e. The van der Waals surface area contributed by atoms with Crippen molar-refractivity contribution >= 4 is 0 Å². The highest BCUT2D eigenvalue weighted by atomic mass is 15.3. The normalized spacial score (nSPS) is 17.4. The number of nitrogens with one attached hydrogen (secondary N) is 1. The number of hydrogen-bond donors (Lipinski definition) is 1. The molecule has 1 aliphatic rings. The van der Waals surface area contributed by atoms with Crippen LogP contribution in [0.5, 0.6) is 0 Å². The molecule has 0 bridgehead atoms. The monoisotopic (exact) mass is 294 g/mol. The van der Waals surface area contributed by atoms with Crippen LogP contribution in [0.1, 0.15) is 17.8 Å². The van der Waals surface area contributed by atoms with Crippen molar-refractivity contribution in [1.29, 1.82) is 0 Å². The van der Waals surface area contributed by atoms with E-state index in [1.54, 1.807) is 6.33 Å². The quantitative estimate of drug-likeness (QED) is 0.793. The summed E-state index contributed by atoms with van der Waals surface area (Å²) in [5.41, 5.74) is 2.27. The molecule has 0 saturated carbocycles. The van der Waals surface area contributed by atoms with E-state index in [9.17, 15) is 0 Å². The predicted molar refractivity (Wildman–Crippen MR) is 82.5 cm³/mol. The first-order chi connectivity index (χ1) is 10.9. The first kappa shape index (κ1) is 13.2. The van der Waals surface area contributed by atoms with Crippen LogP contribution in [0.15, 0.2) is 49.1 Å². The molecule has 3 heterocycles. The Morgan fingerprint density at radius 3 is 3.00 bits per heavy atom. The highest BCUT2D eigenvalue weighted by Gasteiger charge is 2.19. The van der Waals surface area contributed by atoms with Gasteiger partial charge in [0.05, 0.1) is 18.4 Å². The van der Waals surface area contributed by atoms with Crippen molar-refractivity contribution in [3.63, 3.8) is 0 Å². The van der Waals surface area contributed by atoms with Gasteiger partial charge in [0, 0.05) is 30.8 Å². The summed E-state index contributed by atoms with van der Waals surface area (Å²) in [6.07, 6.45) is 7.73. The highest BCUT2D eigenvalue weighted by molar-refractivity contribution is 5.30. The standard InChI is InChI=1S/C16H18N6/c1-2-4-15(5-3-1)21-10-13(9-19-21)8-17-14-6-7-16-18-12-20-22(16)11-14/h1-5,9-10,12,14,17H,6-8,11H2/t14-/m0/s1. The Labute approximate surface area is 128 Å².